The summed E-state index contributed by atoms with van der Waals surface area (Å²) >= 11 is 0. The molecule has 96 valence electrons. The van der Waals surface area contributed by atoms with Crippen molar-refractivity contribution in [2.45, 2.75) is 6.92 Å². The number of nitrogens with one attached hydrogen (secondary N) is 1. The van der Waals surface area contributed by atoms with E-state index in [1.807, 2.05) is 25.1 Å². The smallest absolute Gasteiger partial charge is 0.290 e. The monoisotopic (exact) mass is 256 g/mol. The fourth-order valence-corrected chi connectivity index (χ4v) is 2.01. The highest BCUT2D eigenvalue weighted by Gasteiger charge is 2.13. The van der Waals surface area contributed by atoms with Gasteiger partial charge < -0.3 is 4.74 Å². The number of hydrogen-bond acceptors (Lipinski definition) is 4. The summed E-state index contributed by atoms with van der Waals surface area (Å²) in [7, 11) is 1.60. The molecule has 3 aromatic rings. The average Bonchev–Trinajstić information content (AvgIpc) is 2.90. The number of aromatic nitrogens is 4. The number of H-pyrrole nitrogens is 1. The van der Waals surface area contributed by atoms with Crippen LogP contribution in [0.4, 0.5) is 0 Å². The third-order valence-electron chi connectivity index (χ3n) is 2.94. The van der Waals surface area contributed by atoms with E-state index in [0.29, 0.717) is 17.1 Å². The van der Waals surface area contributed by atoms with Gasteiger partial charge in [-0.3, -0.25) is 4.79 Å². The van der Waals surface area contributed by atoms with Crippen LogP contribution in [0.15, 0.2) is 35.3 Å². The molecule has 0 saturated carbocycles. The van der Waals surface area contributed by atoms with Crippen LogP contribution in [0, 0.1) is 6.92 Å². The van der Waals surface area contributed by atoms with Crippen LogP contribution in [0.1, 0.15) is 5.56 Å². The summed E-state index contributed by atoms with van der Waals surface area (Å²) < 4.78 is 6.87. The number of aromatic amines is 1. The Bertz CT molecular complexity index is 804. The number of nitrogens with zero attached hydrogens (tertiary/aromatic N) is 3. The maximum atomic E-state index is 11.6. The van der Waals surface area contributed by atoms with Crippen molar-refractivity contribution in [2.24, 2.45) is 0 Å². The van der Waals surface area contributed by atoms with Crippen LogP contribution in [0.25, 0.3) is 16.9 Å². The minimum absolute atomic E-state index is 0.271. The van der Waals surface area contributed by atoms with Gasteiger partial charge in [-0.15, -0.1) is 0 Å². The lowest BCUT2D eigenvalue weighted by Crippen LogP contribution is -2.14. The van der Waals surface area contributed by atoms with Crippen molar-refractivity contribution in [2.75, 3.05) is 7.11 Å². The van der Waals surface area contributed by atoms with Gasteiger partial charge in [-0.05, 0) is 30.7 Å². The molecule has 0 amide bonds. The number of hydrogen-bond donors (Lipinski definition) is 1. The normalized spacial score (nSPS) is 10.8. The maximum Gasteiger partial charge on any atom is 0.290 e. The topological polar surface area (TPSA) is 72.3 Å². The fraction of sp³-hybridized carbons (Fsp3) is 0.154. The summed E-state index contributed by atoms with van der Waals surface area (Å²) in [6, 6.07) is 7.41. The summed E-state index contributed by atoms with van der Waals surface area (Å²) in [5.41, 5.74) is 2.04. The highest BCUT2D eigenvalue weighted by Crippen LogP contribution is 2.28. The van der Waals surface area contributed by atoms with Crippen molar-refractivity contribution >= 4 is 5.52 Å². The summed E-state index contributed by atoms with van der Waals surface area (Å²) in [5.74, 6) is 1.23. The zero-order valence-electron chi connectivity index (χ0n) is 10.5. The van der Waals surface area contributed by atoms with Crippen molar-refractivity contribution in [3.63, 3.8) is 0 Å². The summed E-state index contributed by atoms with van der Waals surface area (Å²) in [6.07, 6.45) is 1.57. The second kappa shape index (κ2) is 4.24. The Hall–Kier alpha value is -2.63. The number of fused-ring (bicyclic) bond motifs is 1. The number of benzene rings is 1. The third kappa shape index (κ3) is 1.77. The molecule has 0 bridgehead atoms. The lowest BCUT2D eigenvalue weighted by molar-refractivity contribution is 0.415. The summed E-state index contributed by atoms with van der Waals surface area (Å²) in [4.78, 5) is 11.6. The van der Waals surface area contributed by atoms with Crippen molar-refractivity contribution in [1.29, 1.82) is 0 Å². The maximum absolute atomic E-state index is 11.6. The van der Waals surface area contributed by atoms with Gasteiger partial charge in [-0.1, -0.05) is 6.07 Å². The quantitative estimate of drug-likeness (QED) is 0.752. The number of ether oxygens (including phenoxy) is 1. The summed E-state index contributed by atoms with van der Waals surface area (Å²) in [6.45, 7) is 1.98. The van der Waals surface area contributed by atoms with Gasteiger partial charge in [0.15, 0.2) is 5.82 Å². The number of rotatable bonds is 2. The first-order valence-corrected chi connectivity index (χ1v) is 5.78. The Morgan fingerprint density at radius 2 is 2.16 bits per heavy atom. The minimum atomic E-state index is -0.271. The highest BCUT2D eigenvalue weighted by atomic mass is 16.5. The van der Waals surface area contributed by atoms with Crippen LogP contribution in [0.3, 0.4) is 0 Å². The second-order valence-electron chi connectivity index (χ2n) is 4.21. The van der Waals surface area contributed by atoms with Crippen LogP contribution in [-0.2, 0) is 0 Å². The zero-order chi connectivity index (χ0) is 13.4. The van der Waals surface area contributed by atoms with Crippen molar-refractivity contribution in [3.05, 3.63) is 46.4 Å². The molecule has 0 saturated heterocycles. The van der Waals surface area contributed by atoms with Gasteiger partial charge in [0, 0.05) is 0 Å². The molecule has 0 spiro atoms. The fourth-order valence-electron chi connectivity index (χ4n) is 2.01. The molecule has 2 heterocycles. The van der Waals surface area contributed by atoms with E-state index in [9.17, 15) is 4.79 Å². The molecule has 0 fully saturated rings. The molecule has 6 nitrogen and oxygen atoms in total. The van der Waals surface area contributed by atoms with Crippen LogP contribution in [0.5, 0.6) is 5.75 Å². The summed E-state index contributed by atoms with van der Waals surface area (Å²) in [5, 5.41) is 10.7. The minimum Gasteiger partial charge on any atom is -0.496 e. The molecular formula is C13H12N4O2. The van der Waals surface area contributed by atoms with Crippen molar-refractivity contribution in [3.8, 4) is 17.1 Å². The first kappa shape index (κ1) is 11.5. The Kier molecular flexibility index (Phi) is 2.56. The van der Waals surface area contributed by atoms with Crippen LogP contribution in [-0.4, -0.2) is 26.9 Å². The van der Waals surface area contributed by atoms with E-state index >= 15 is 0 Å². The van der Waals surface area contributed by atoms with Gasteiger partial charge >= 0.3 is 0 Å². The first-order chi connectivity index (χ1) is 9.20. The predicted octanol–water partition coefficient (Wildman–Crippen LogP) is 1.40. The van der Waals surface area contributed by atoms with E-state index in [-0.39, 0.29) is 5.56 Å². The molecule has 0 aliphatic carbocycles. The molecule has 1 aromatic carbocycles. The molecule has 0 radical (unpaired) electrons. The molecule has 0 atom stereocenters. The van der Waals surface area contributed by atoms with Gasteiger partial charge in [-0.2, -0.15) is 10.2 Å². The van der Waals surface area contributed by atoms with E-state index in [4.69, 9.17) is 4.74 Å². The second-order valence-corrected chi connectivity index (χ2v) is 4.21. The molecule has 0 aliphatic rings. The highest BCUT2D eigenvalue weighted by molar-refractivity contribution is 5.66. The standard InChI is InChI=1S/C13H12N4O2/c1-8-3-4-9(11(7-8)19-2)12-15-16-13(18)10-5-6-14-17(10)12/h3-7H,1-2H3,(H,16,18). The van der Waals surface area contributed by atoms with E-state index in [0.717, 1.165) is 11.1 Å². The number of methoxy groups -OCH3 is 1. The van der Waals surface area contributed by atoms with Crippen LogP contribution < -0.4 is 10.3 Å². The Morgan fingerprint density at radius 1 is 1.32 bits per heavy atom. The molecule has 3 rings (SSSR count). The Balaban J connectivity index is 2.33. The Labute approximate surface area is 108 Å². The average molecular weight is 256 g/mol. The zero-order valence-corrected chi connectivity index (χ0v) is 10.5. The number of aryl methyl sites for hydroxylation is 1. The van der Waals surface area contributed by atoms with Crippen molar-refractivity contribution in [1.82, 2.24) is 19.8 Å². The van der Waals surface area contributed by atoms with Crippen LogP contribution in [0.2, 0.25) is 0 Å². The van der Waals surface area contributed by atoms with E-state index < -0.39 is 0 Å². The molecular weight excluding hydrogens is 244 g/mol. The lowest BCUT2D eigenvalue weighted by Gasteiger charge is -2.09. The van der Waals surface area contributed by atoms with E-state index in [1.54, 1.807) is 19.4 Å². The predicted molar refractivity (Wildman–Crippen MR) is 70.3 cm³/mol. The van der Waals surface area contributed by atoms with Gasteiger partial charge in [0.25, 0.3) is 5.56 Å². The van der Waals surface area contributed by atoms with Gasteiger partial charge in [0.05, 0.1) is 18.9 Å². The lowest BCUT2D eigenvalue weighted by atomic mass is 10.1. The SMILES string of the molecule is COc1cc(C)ccc1-c1n[nH]c(=O)c2ccnn12. The first-order valence-electron chi connectivity index (χ1n) is 5.78. The molecule has 2 aromatic heterocycles. The Morgan fingerprint density at radius 3 is 2.95 bits per heavy atom. The largest absolute Gasteiger partial charge is 0.496 e. The van der Waals surface area contributed by atoms with E-state index in [1.165, 1.54) is 4.52 Å². The molecule has 6 heteroatoms. The van der Waals surface area contributed by atoms with Gasteiger partial charge in [-0.25, -0.2) is 9.61 Å². The van der Waals surface area contributed by atoms with Gasteiger partial charge in [0.2, 0.25) is 0 Å². The van der Waals surface area contributed by atoms with Gasteiger partial charge in [0.1, 0.15) is 11.3 Å². The van der Waals surface area contributed by atoms with E-state index in [2.05, 4.69) is 15.3 Å². The molecule has 19 heavy (non-hydrogen) atoms. The molecule has 0 unspecified atom stereocenters. The molecule has 0 aliphatic heterocycles. The van der Waals surface area contributed by atoms with Crippen LogP contribution >= 0.6 is 0 Å². The third-order valence-corrected chi connectivity index (χ3v) is 2.94. The van der Waals surface area contributed by atoms with Crippen molar-refractivity contribution < 1.29 is 4.74 Å². The molecule has 1 N–H and O–H groups in total.